The van der Waals surface area contributed by atoms with Crippen molar-refractivity contribution >= 4 is 39.1 Å². The third kappa shape index (κ3) is 3.75. The number of nitrogens with one attached hydrogen (secondary N) is 1. The molecule has 1 fully saturated rings. The molecule has 0 atom stereocenters. The lowest BCUT2D eigenvalue weighted by Gasteiger charge is -2.21. The predicted octanol–water partition coefficient (Wildman–Crippen LogP) is 2.18. The van der Waals surface area contributed by atoms with Crippen molar-refractivity contribution in [3.63, 3.8) is 0 Å². The van der Waals surface area contributed by atoms with Gasteiger partial charge < -0.3 is 5.11 Å². The number of sulfonamides is 1. The Hall–Kier alpha value is -0.570. The lowest BCUT2D eigenvalue weighted by molar-refractivity contribution is 0.0701. The number of rotatable bonds is 5. The Morgan fingerprint density at radius 3 is 2.65 bits per heavy atom. The van der Waals surface area contributed by atoms with Crippen molar-refractivity contribution in [3.8, 4) is 0 Å². The summed E-state index contributed by atoms with van der Waals surface area (Å²) in [5, 5.41) is 8.97. The first-order valence-electron chi connectivity index (χ1n) is 6.31. The molecule has 0 spiro atoms. The number of carbonyl (C=O) groups is 1. The molecule has 1 aliphatic rings. The summed E-state index contributed by atoms with van der Waals surface area (Å²) in [5.41, 5.74) is 0.483. The number of hydrogen-bond acceptors (Lipinski definition) is 5. The van der Waals surface area contributed by atoms with E-state index < -0.39 is 16.0 Å². The van der Waals surface area contributed by atoms with Gasteiger partial charge in [-0.15, -0.1) is 11.3 Å². The molecular formula is C12H17NO4S3. The number of thiophene rings is 1. The lowest BCUT2D eigenvalue weighted by atomic mass is 10.0. The second kappa shape index (κ2) is 6.46. The van der Waals surface area contributed by atoms with E-state index in [4.69, 9.17) is 5.11 Å². The van der Waals surface area contributed by atoms with Crippen LogP contribution in [0.25, 0.3) is 0 Å². The fourth-order valence-corrected chi connectivity index (χ4v) is 5.79. The van der Waals surface area contributed by atoms with Gasteiger partial charge in [0.15, 0.2) is 0 Å². The Labute approximate surface area is 126 Å². The van der Waals surface area contributed by atoms with E-state index in [0.29, 0.717) is 18.0 Å². The van der Waals surface area contributed by atoms with Crippen molar-refractivity contribution in [2.45, 2.75) is 24.0 Å². The standard InChI is InChI=1S/C12H17NO4S3/c1-8-6-10(19-11(8)12(14)15)20(16,17)13-7-9-2-4-18-5-3-9/h6,9,13H,2-5,7H2,1H3,(H,14,15). The minimum absolute atomic E-state index is 0.0811. The van der Waals surface area contributed by atoms with E-state index in [1.54, 1.807) is 6.92 Å². The first-order valence-corrected chi connectivity index (χ1v) is 9.76. The minimum Gasteiger partial charge on any atom is -0.477 e. The summed E-state index contributed by atoms with van der Waals surface area (Å²) in [6.07, 6.45) is 2.05. The van der Waals surface area contributed by atoms with Gasteiger partial charge in [-0.2, -0.15) is 11.8 Å². The lowest BCUT2D eigenvalue weighted by Crippen LogP contribution is -2.30. The fourth-order valence-electron chi connectivity index (χ4n) is 2.05. The van der Waals surface area contributed by atoms with Crippen LogP contribution < -0.4 is 4.72 Å². The molecule has 20 heavy (non-hydrogen) atoms. The summed E-state index contributed by atoms with van der Waals surface area (Å²) in [6, 6.07) is 1.42. The van der Waals surface area contributed by atoms with E-state index in [2.05, 4.69) is 4.72 Å². The number of aryl methyl sites for hydroxylation is 1. The Kier molecular flexibility index (Phi) is 5.11. The molecule has 0 amide bonds. The third-order valence-corrected chi connectivity index (χ3v) is 7.43. The molecule has 0 radical (unpaired) electrons. The molecule has 2 rings (SSSR count). The van der Waals surface area contributed by atoms with Crippen molar-refractivity contribution < 1.29 is 18.3 Å². The van der Waals surface area contributed by atoms with Crippen molar-refractivity contribution in [2.75, 3.05) is 18.1 Å². The highest BCUT2D eigenvalue weighted by molar-refractivity contribution is 7.99. The minimum atomic E-state index is -3.60. The summed E-state index contributed by atoms with van der Waals surface area (Å²) in [7, 11) is -3.60. The average molecular weight is 335 g/mol. The molecule has 1 aliphatic heterocycles. The Morgan fingerprint density at radius 2 is 2.10 bits per heavy atom. The number of hydrogen-bond donors (Lipinski definition) is 2. The maximum Gasteiger partial charge on any atom is 0.346 e. The molecular weight excluding hydrogens is 318 g/mol. The summed E-state index contributed by atoms with van der Waals surface area (Å²) in [4.78, 5) is 11.0. The van der Waals surface area contributed by atoms with E-state index in [9.17, 15) is 13.2 Å². The monoisotopic (exact) mass is 335 g/mol. The highest BCUT2D eigenvalue weighted by Gasteiger charge is 2.23. The van der Waals surface area contributed by atoms with Crippen LogP contribution in [0, 0.1) is 12.8 Å². The van der Waals surface area contributed by atoms with E-state index in [1.165, 1.54) is 6.07 Å². The summed E-state index contributed by atoms with van der Waals surface area (Å²) >= 11 is 2.70. The smallest absolute Gasteiger partial charge is 0.346 e. The summed E-state index contributed by atoms with van der Waals surface area (Å²) in [6.45, 7) is 2.04. The van der Waals surface area contributed by atoms with Crippen molar-refractivity contribution in [1.29, 1.82) is 0 Å². The van der Waals surface area contributed by atoms with Crippen LogP contribution in [0.1, 0.15) is 28.1 Å². The van der Waals surface area contributed by atoms with Gasteiger partial charge in [0.05, 0.1) is 0 Å². The first kappa shape index (κ1) is 15.8. The molecule has 8 heteroatoms. The van der Waals surface area contributed by atoms with Gasteiger partial charge in [0.25, 0.3) is 0 Å². The van der Waals surface area contributed by atoms with Crippen LogP contribution in [-0.4, -0.2) is 37.5 Å². The molecule has 0 bridgehead atoms. The van der Waals surface area contributed by atoms with E-state index in [0.717, 1.165) is 35.7 Å². The van der Waals surface area contributed by atoms with E-state index in [1.807, 2.05) is 11.8 Å². The zero-order valence-corrected chi connectivity index (χ0v) is 13.5. The van der Waals surface area contributed by atoms with Crippen molar-refractivity contribution in [1.82, 2.24) is 4.72 Å². The van der Waals surface area contributed by atoms with Gasteiger partial charge in [-0.3, -0.25) is 0 Å². The van der Waals surface area contributed by atoms with Gasteiger partial charge >= 0.3 is 5.97 Å². The second-order valence-electron chi connectivity index (χ2n) is 4.79. The van der Waals surface area contributed by atoms with Gasteiger partial charge in [-0.05, 0) is 48.8 Å². The van der Waals surface area contributed by atoms with Gasteiger partial charge in [0, 0.05) is 6.54 Å². The van der Waals surface area contributed by atoms with Crippen molar-refractivity contribution in [2.24, 2.45) is 5.92 Å². The number of aromatic carboxylic acids is 1. The van der Waals surface area contributed by atoms with Crippen LogP contribution in [0.2, 0.25) is 0 Å². The van der Waals surface area contributed by atoms with Crippen LogP contribution in [0.4, 0.5) is 0 Å². The molecule has 0 saturated carbocycles. The quantitative estimate of drug-likeness (QED) is 0.861. The Balaban J connectivity index is 2.06. The van der Waals surface area contributed by atoms with Gasteiger partial charge in [0.1, 0.15) is 9.09 Å². The Bertz CT molecular complexity index is 588. The molecule has 0 aliphatic carbocycles. The second-order valence-corrected chi connectivity index (χ2v) is 9.06. The molecule has 1 aromatic heterocycles. The fraction of sp³-hybridized carbons (Fsp3) is 0.583. The maximum absolute atomic E-state index is 12.2. The molecule has 112 valence electrons. The number of carboxylic acid groups (broad SMARTS) is 1. The Morgan fingerprint density at radius 1 is 1.45 bits per heavy atom. The normalized spacial score (nSPS) is 17.2. The largest absolute Gasteiger partial charge is 0.477 e. The predicted molar refractivity (Wildman–Crippen MR) is 81.3 cm³/mol. The van der Waals surface area contributed by atoms with E-state index >= 15 is 0 Å². The summed E-state index contributed by atoms with van der Waals surface area (Å²) in [5.74, 6) is 1.45. The SMILES string of the molecule is Cc1cc(S(=O)(=O)NCC2CCSCC2)sc1C(=O)O. The van der Waals surface area contributed by atoms with Crippen LogP contribution in [0.3, 0.4) is 0 Å². The molecule has 1 saturated heterocycles. The topological polar surface area (TPSA) is 83.5 Å². The zero-order valence-electron chi connectivity index (χ0n) is 11.1. The third-order valence-electron chi connectivity index (χ3n) is 3.26. The first-order chi connectivity index (χ1) is 9.40. The molecule has 2 N–H and O–H groups in total. The van der Waals surface area contributed by atoms with Gasteiger partial charge in [-0.25, -0.2) is 17.9 Å². The average Bonchev–Trinajstić information content (AvgIpc) is 2.81. The maximum atomic E-state index is 12.2. The molecule has 1 aromatic rings. The number of carboxylic acids is 1. The van der Waals surface area contributed by atoms with Crippen LogP contribution in [0.5, 0.6) is 0 Å². The van der Waals surface area contributed by atoms with Gasteiger partial charge in [0.2, 0.25) is 10.0 Å². The zero-order chi connectivity index (χ0) is 14.8. The molecule has 5 nitrogen and oxygen atoms in total. The van der Waals surface area contributed by atoms with Crippen LogP contribution in [0.15, 0.2) is 10.3 Å². The highest BCUT2D eigenvalue weighted by atomic mass is 32.2. The summed E-state index contributed by atoms with van der Waals surface area (Å²) < 4.78 is 27.0. The van der Waals surface area contributed by atoms with Crippen molar-refractivity contribution in [3.05, 3.63) is 16.5 Å². The van der Waals surface area contributed by atoms with Crippen LogP contribution in [-0.2, 0) is 10.0 Å². The molecule has 0 aromatic carbocycles. The van der Waals surface area contributed by atoms with Crippen LogP contribution >= 0.6 is 23.1 Å². The van der Waals surface area contributed by atoms with E-state index in [-0.39, 0.29) is 9.09 Å². The highest BCUT2D eigenvalue weighted by Crippen LogP contribution is 2.27. The molecule has 2 heterocycles. The number of thioether (sulfide) groups is 1. The molecule has 0 unspecified atom stereocenters. The van der Waals surface area contributed by atoms with Gasteiger partial charge in [-0.1, -0.05) is 0 Å².